The lowest BCUT2D eigenvalue weighted by molar-refractivity contribution is 0.0789. The number of benzene rings is 2. The monoisotopic (exact) mass is 264 g/mol. The smallest absolute Gasteiger partial charge is 0.173 e. The first-order chi connectivity index (χ1) is 9.76. The van der Waals surface area contributed by atoms with E-state index in [-0.39, 0.29) is 11.2 Å². The maximum absolute atomic E-state index is 12.9. The van der Waals surface area contributed by atoms with Crippen LogP contribution in [0.25, 0.3) is 0 Å². The summed E-state index contributed by atoms with van der Waals surface area (Å²) in [6, 6.07) is 18.4. The zero-order valence-corrected chi connectivity index (χ0v) is 11.9. The molecule has 0 saturated heterocycles. The van der Waals surface area contributed by atoms with E-state index in [1.54, 1.807) is 0 Å². The van der Waals surface area contributed by atoms with E-state index >= 15 is 0 Å². The quantitative estimate of drug-likeness (QED) is 0.740. The number of ketones is 1. The van der Waals surface area contributed by atoms with E-state index in [9.17, 15) is 4.79 Å². The van der Waals surface area contributed by atoms with Crippen LogP contribution in [0.1, 0.15) is 47.7 Å². The molecule has 0 bridgehead atoms. The topological polar surface area (TPSA) is 17.1 Å². The van der Waals surface area contributed by atoms with Crippen molar-refractivity contribution >= 4 is 5.78 Å². The van der Waals surface area contributed by atoms with Gasteiger partial charge in [-0.2, -0.15) is 0 Å². The Morgan fingerprint density at radius 1 is 1.00 bits per heavy atom. The lowest BCUT2D eigenvalue weighted by Gasteiger charge is -2.41. The molecule has 1 aliphatic carbocycles. The molecule has 0 heterocycles. The van der Waals surface area contributed by atoms with Crippen molar-refractivity contribution in [3.63, 3.8) is 0 Å². The summed E-state index contributed by atoms with van der Waals surface area (Å²) >= 11 is 0. The molecule has 1 aliphatic rings. The molecule has 20 heavy (non-hydrogen) atoms. The van der Waals surface area contributed by atoms with Gasteiger partial charge in [0.1, 0.15) is 0 Å². The van der Waals surface area contributed by atoms with Crippen molar-refractivity contribution in [2.75, 3.05) is 0 Å². The Balaban J connectivity index is 1.95. The minimum atomic E-state index is -0.269. The van der Waals surface area contributed by atoms with Crippen molar-refractivity contribution in [2.45, 2.75) is 38.0 Å². The Bertz CT molecular complexity index is 591. The minimum Gasteiger partial charge on any atom is -0.293 e. The Kier molecular flexibility index (Phi) is 3.43. The summed E-state index contributed by atoms with van der Waals surface area (Å²) in [4.78, 5) is 12.9. The first kappa shape index (κ1) is 13.1. The van der Waals surface area contributed by atoms with Crippen molar-refractivity contribution < 1.29 is 4.79 Å². The molecule has 0 atom stereocenters. The summed E-state index contributed by atoms with van der Waals surface area (Å²) in [7, 11) is 0. The number of Topliss-reactive ketones (excluding diaryl/α,β-unsaturated/α-hetero) is 1. The average molecular weight is 264 g/mol. The van der Waals surface area contributed by atoms with E-state index in [1.807, 2.05) is 30.3 Å². The molecule has 0 aromatic heterocycles. The van der Waals surface area contributed by atoms with Crippen LogP contribution >= 0.6 is 0 Å². The van der Waals surface area contributed by atoms with Gasteiger partial charge in [0.15, 0.2) is 5.78 Å². The molecule has 102 valence electrons. The van der Waals surface area contributed by atoms with Crippen LogP contribution in [-0.4, -0.2) is 5.78 Å². The fourth-order valence-electron chi connectivity index (χ4n) is 3.10. The first-order valence-electron chi connectivity index (χ1n) is 7.45. The Morgan fingerprint density at radius 3 is 2.15 bits per heavy atom. The molecule has 1 saturated carbocycles. The Morgan fingerprint density at radius 2 is 1.65 bits per heavy atom. The lowest BCUT2D eigenvalue weighted by Crippen LogP contribution is -2.42. The average Bonchev–Trinajstić information content (AvgIpc) is 2.47. The van der Waals surface area contributed by atoms with E-state index < -0.39 is 0 Å². The number of carbonyl (C=O) groups is 1. The van der Waals surface area contributed by atoms with Crippen molar-refractivity contribution in [1.82, 2.24) is 0 Å². The summed E-state index contributed by atoms with van der Waals surface area (Å²) in [6.45, 7) is 2.13. The van der Waals surface area contributed by atoms with Crippen molar-refractivity contribution in [3.05, 3.63) is 71.3 Å². The lowest BCUT2D eigenvalue weighted by atomic mass is 9.61. The van der Waals surface area contributed by atoms with E-state index in [4.69, 9.17) is 0 Å². The summed E-state index contributed by atoms with van der Waals surface area (Å²) in [5, 5.41) is 0. The van der Waals surface area contributed by atoms with Crippen LogP contribution in [0.4, 0.5) is 0 Å². The summed E-state index contributed by atoms with van der Waals surface area (Å²) < 4.78 is 0. The second-order valence-corrected chi connectivity index (χ2v) is 5.68. The highest BCUT2D eigenvalue weighted by Crippen LogP contribution is 2.46. The van der Waals surface area contributed by atoms with Crippen LogP contribution in [0.15, 0.2) is 54.6 Å². The van der Waals surface area contributed by atoms with Crippen LogP contribution in [0.2, 0.25) is 0 Å². The number of rotatable bonds is 4. The molecular formula is C19H20O. The Hall–Kier alpha value is -1.89. The van der Waals surface area contributed by atoms with E-state index in [0.29, 0.717) is 0 Å². The third-order valence-electron chi connectivity index (χ3n) is 4.59. The predicted molar refractivity (Wildman–Crippen MR) is 82.1 cm³/mol. The fraction of sp³-hybridized carbons (Fsp3) is 0.316. The van der Waals surface area contributed by atoms with Gasteiger partial charge < -0.3 is 0 Å². The van der Waals surface area contributed by atoms with Gasteiger partial charge in [-0.15, -0.1) is 0 Å². The van der Waals surface area contributed by atoms with Crippen LogP contribution in [0, 0.1) is 0 Å². The summed E-state index contributed by atoms with van der Waals surface area (Å²) in [5.41, 5.74) is 3.04. The zero-order valence-electron chi connectivity index (χ0n) is 11.9. The van der Waals surface area contributed by atoms with E-state index in [2.05, 4.69) is 31.2 Å². The molecule has 1 heteroatoms. The van der Waals surface area contributed by atoms with E-state index in [1.165, 1.54) is 11.1 Å². The first-order valence-corrected chi connectivity index (χ1v) is 7.45. The van der Waals surface area contributed by atoms with Gasteiger partial charge in [0.25, 0.3) is 0 Å². The zero-order chi connectivity index (χ0) is 14.0. The standard InChI is InChI=1S/C19H20O/c1-2-15-9-11-16(12-10-15)18(20)19(13-6-14-19)17-7-4-3-5-8-17/h3-5,7-12H,2,6,13-14H2,1H3. The van der Waals surface area contributed by atoms with Gasteiger partial charge in [0.05, 0.1) is 5.41 Å². The predicted octanol–water partition coefficient (Wildman–Crippen LogP) is 4.55. The number of aryl methyl sites for hydroxylation is 1. The van der Waals surface area contributed by atoms with Crippen LogP contribution in [0.5, 0.6) is 0 Å². The minimum absolute atomic E-state index is 0.269. The Labute approximate surface area is 120 Å². The molecular weight excluding hydrogens is 244 g/mol. The molecule has 0 aliphatic heterocycles. The highest BCUT2D eigenvalue weighted by Gasteiger charge is 2.45. The van der Waals surface area contributed by atoms with Crippen molar-refractivity contribution in [2.24, 2.45) is 0 Å². The molecule has 2 aromatic carbocycles. The van der Waals surface area contributed by atoms with Gasteiger partial charge in [0, 0.05) is 5.56 Å². The third-order valence-corrected chi connectivity index (χ3v) is 4.59. The summed E-state index contributed by atoms with van der Waals surface area (Å²) in [6.07, 6.45) is 4.11. The molecule has 3 rings (SSSR count). The number of hydrogen-bond acceptors (Lipinski definition) is 1. The SMILES string of the molecule is CCc1ccc(C(=O)C2(c3ccccc3)CCC2)cc1. The van der Waals surface area contributed by atoms with E-state index in [0.717, 1.165) is 31.2 Å². The maximum Gasteiger partial charge on any atom is 0.173 e. The highest BCUT2D eigenvalue weighted by atomic mass is 16.1. The second-order valence-electron chi connectivity index (χ2n) is 5.68. The van der Waals surface area contributed by atoms with Gasteiger partial charge in [-0.1, -0.05) is 67.9 Å². The molecule has 1 nitrogen and oxygen atoms in total. The van der Waals surface area contributed by atoms with Crippen LogP contribution in [-0.2, 0) is 11.8 Å². The number of carbonyl (C=O) groups excluding carboxylic acids is 1. The van der Waals surface area contributed by atoms with Crippen molar-refractivity contribution in [3.8, 4) is 0 Å². The highest BCUT2D eigenvalue weighted by molar-refractivity contribution is 6.04. The normalized spacial score (nSPS) is 16.4. The van der Waals surface area contributed by atoms with Gasteiger partial charge in [0.2, 0.25) is 0 Å². The summed E-state index contributed by atoms with van der Waals surface area (Å²) in [5.74, 6) is 0.289. The molecule has 1 fully saturated rings. The molecule has 0 spiro atoms. The molecule has 0 N–H and O–H groups in total. The van der Waals surface area contributed by atoms with Crippen molar-refractivity contribution in [1.29, 1.82) is 0 Å². The van der Waals surface area contributed by atoms with Gasteiger partial charge in [-0.25, -0.2) is 0 Å². The second kappa shape index (κ2) is 5.24. The van der Waals surface area contributed by atoms with Gasteiger partial charge in [-0.3, -0.25) is 4.79 Å². The van der Waals surface area contributed by atoms with Gasteiger partial charge in [-0.05, 0) is 30.4 Å². The molecule has 0 unspecified atom stereocenters. The molecule has 0 radical (unpaired) electrons. The number of hydrogen-bond donors (Lipinski definition) is 0. The third kappa shape index (κ3) is 2.07. The maximum atomic E-state index is 12.9. The fourth-order valence-corrected chi connectivity index (χ4v) is 3.10. The van der Waals surface area contributed by atoms with Crippen LogP contribution in [0.3, 0.4) is 0 Å². The van der Waals surface area contributed by atoms with Crippen LogP contribution < -0.4 is 0 Å². The largest absolute Gasteiger partial charge is 0.293 e. The molecule has 2 aromatic rings. The molecule has 0 amide bonds. The van der Waals surface area contributed by atoms with Gasteiger partial charge >= 0.3 is 0 Å².